The van der Waals surface area contributed by atoms with E-state index in [4.69, 9.17) is 26.0 Å². The summed E-state index contributed by atoms with van der Waals surface area (Å²) in [6.45, 7) is 0.00987. The van der Waals surface area contributed by atoms with Crippen molar-refractivity contribution in [1.82, 2.24) is 4.78 Å². The van der Waals surface area contributed by atoms with Gasteiger partial charge in [-0.3, -0.25) is 0 Å². The Morgan fingerprint density at radius 1 is 1.21 bits per heavy atom. The first-order chi connectivity index (χ1) is 11.6. The van der Waals surface area contributed by atoms with Gasteiger partial charge in [-0.25, -0.2) is 4.78 Å². The van der Waals surface area contributed by atoms with Crippen molar-refractivity contribution < 1.29 is 14.2 Å². The van der Waals surface area contributed by atoms with Gasteiger partial charge in [0.05, 0.1) is 12.8 Å². The molecule has 0 aliphatic heterocycles. The van der Waals surface area contributed by atoms with Gasteiger partial charge < -0.3 is 14.2 Å². The van der Waals surface area contributed by atoms with E-state index >= 15 is 0 Å². The maximum Gasteiger partial charge on any atom is 0.271 e. The lowest BCUT2D eigenvalue weighted by Gasteiger charge is -2.20. The van der Waals surface area contributed by atoms with Gasteiger partial charge in [0, 0.05) is 7.05 Å². The Morgan fingerprint density at radius 3 is 2.42 bits per heavy atom. The molecular formula is C15H16N2O3P2S2. The molecule has 0 aliphatic carbocycles. The van der Waals surface area contributed by atoms with Crippen molar-refractivity contribution in [3.05, 3.63) is 59.7 Å². The first-order valence-electron chi connectivity index (χ1n) is 6.86. The van der Waals surface area contributed by atoms with Gasteiger partial charge in [0.1, 0.15) is 11.5 Å². The second kappa shape index (κ2) is 9.92. The SMILES string of the molecule is CN(N=Cc1ccc(OP=S)cc1)P(S)Oc1ccc(CO)cc1. The van der Waals surface area contributed by atoms with Crippen LogP contribution in [-0.4, -0.2) is 23.1 Å². The fourth-order valence-electron chi connectivity index (χ4n) is 1.66. The summed E-state index contributed by atoms with van der Waals surface area (Å²) in [7, 11) is 1.04. The Balaban J connectivity index is 1.91. The Hall–Kier alpha value is -1.23. The van der Waals surface area contributed by atoms with Gasteiger partial charge in [0.15, 0.2) is 0 Å². The van der Waals surface area contributed by atoms with Gasteiger partial charge in [0.2, 0.25) is 7.58 Å². The summed E-state index contributed by atoms with van der Waals surface area (Å²) in [6.07, 6.45) is 1.72. The molecule has 1 N–H and O–H groups in total. The predicted octanol–water partition coefficient (Wildman–Crippen LogP) is 4.38. The molecule has 0 spiro atoms. The van der Waals surface area contributed by atoms with Crippen molar-refractivity contribution in [2.24, 2.45) is 5.10 Å². The molecule has 0 amide bonds. The maximum atomic E-state index is 9.03. The lowest BCUT2D eigenvalue weighted by atomic mass is 10.2. The Bertz CT molecular complexity index is 684. The van der Waals surface area contributed by atoms with E-state index < -0.39 is 7.50 Å². The second-order valence-electron chi connectivity index (χ2n) is 4.61. The summed E-state index contributed by atoms with van der Waals surface area (Å²) in [5, 5.41) is 13.4. The third kappa shape index (κ3) is 6.00. The lowest BCUT2D eigenvalue weighted by Crippen LogP contribution is -2.05. The van der Waals surface area contributed by atoms with Crippen LogP contribution in [0.15, 0.2) is 53.6 Å². The van der Waals surface area contributed by atoms with Crippen LogP contribution in [0.1, 0.15) is 11.1 Å². The number of rotatable bonds is 8. The van der Waals surface area contributed by atoms with Gasteiger partial charge in [-0.1, -0.05) is 24.4 Å². The van der Waals surface area contributed by atoms with Crippen LogP contribution in [0.3, 0.4) is 0 Å². The molecule has 0 aliphatic rings. The molecule has 5 nitrogen and oxygen atoms in total. The van der Waals surface area contributed by atoms with E-state index in [0.29, 0.717) is 13.3 Å². The molecule has 0 bridgehead atoms. The summed E-state index contributed by atoms with van der Waals surface area (Å²) < 4.78 is 12.6. The van der Waals surface area contributed by atoms with E-state index in [-0.39, 0.29) is 6.61 Å². The third-order valence-corrected chi connectivity index (χ3v) is 5.44. The van der Waals surface area contributed by atoms with Crippen LogP contribution in [0.4, 0.5) is 0 Å². The molecule has 0 saturated heterocycles. The molecule has 0 saturated carbocycles. The summed E-state index contributed by atoms with van der Waals surface area (Å²) in [5.41, 5.74) is 1.76. The largest absolute Gasteiger partial charge is 0.443 e. The van der Waals surface area contributed by atoms with E-state index in [2.05, 4.69) is 17.4 Å². The summed E-state index contributed by atoms with van der Waals surface area (Å²) in [6, 6.07) is 14.7. The third-order valence-electron chi connectivity index (χ3n) is 2.94. The number of hydrogen-bond donors (Lipinski definition) is 2. The molecule has 0 aromatic heterocycles. The van der Waals surface area contributed by atoms with E-state index in [9.17, 15) is 0 Å². The number of nitrogens with zero attached hydrogens (tertiary/aromatic N) is 2. The zero-order valence-electron chi connectivity index (χ0n) is 12.8. The standard InChI is InChI=1S/C15H16N2O3P2S2/c1-17(16-10-12-2-6-14(7-3-12)19-21-23)22(24)20-15-8-4-13(11-18)5-9-15/h2-10,18,24H,11H2,1H3. The van der Waals surface area contributed by atoms with Crippen LogP contribution < -0.4 is 9.05 Å². The summed E-state index contributed by atoms with van der Waals surface area (Å²) >= 11 is 9.18. The number of thiol groups is 1. The summed E-state index contributed by atoms with van der Waals surface area (Å²) in [4.78, 5) is 0. The van der Waals surface area contributed by atoms with Crippen LogP contribution in [0, 0.1) is 0 Å². The number of benzene rings is 2. The minimum atomic E-state index is -1.21. The number of aliphatic hydroxyl groups excluding tert-OH is 1. The van der Waals surface area contributed by atoms with Crippen molar-refractivity contribution in [2.75, 3.05) is 7.05 Å². The van der Waals surface area contributed by atoms with E-state index in [0.717, 1.165) is 16.9 Å². The van der Waals surface area contributed by atoms with Crippen molar-refractivity contribution in [3.8, 4) is 11.5 Å². The van der Waals surface area contributed by atoms with Crippen molar-refractivity contribution in [1.29, 1.82) is 0 Å². The molecule has 0 fully saturated rings. The average Bonchev–Trinajstić information content (AvgIpc) is 2.61. The quantitative estimate of drug-likeness (QED) is 0.299. The maximum absolute atomic E-state index is 9.03. The van der Waals surface area contributed by atoms with E-state index in [1.807, 2.05) is 24.3 Å². The summed E-state index contributed by atoms with van der Waals surface area (Å²) in [5.74, 6) is 1.41. The highest BCUT2D eigenvalue weighted by Crippen LogP contribution is 2.45. The highest BCUT2D eigenvalue weighted by atomic mass is 32.7. The highest BCUT2D eigenvalue weighted by Gasteiger charge is 2.11. The first-order valence-corrected chi connectivity index (χ1v) is 11.1. The second-order valence-corrected chi connectivity index (χ2v) is 7.69. The topological polar surface area (TPSA) is 54.3 Å². The monoisotopic (exact) mass is 398 g/mol. The van der Waals surface area contributed by atoms with Gasteiger partial charge >= 0.3 is 0 Å². The van der Waals surface area contributed by atoms with Crippen LogP contribution in [0.2, 0.25) is 0 Å². The molecular weight excluding hydrogens is 382 g/mol. The zero-order chi connectivity index (χ0) is 17.4. The molecule has 2 aromatic rings. The molecule has 2 rings (SSSR count). The van der Waals surface area contributed by atoms with Gasteiger partial charge in [-0.15, -0.1) is 0 Å². The smallest absolute Gasteiger partial charge is 0.271 e. The Kier molecular flexibility index (Phi) is 7.89. The van der Waals surface area contributed by atoms with Gasteiger partial charge in [0.25, 0.3) is 7.50 Å². The molecule has 2 aromatic carbocycles. The highest BCUT2D eigenvalue weighted by molar-refractivity contribution is 8.42. The van der Waals surface area contributed by atoms with Crippen LogP contribution in [0.5, 0.6) is 11.5 Å². The van der Waals surface area contributed by atoms with Crippen LogP contribution in [-0.2, 0) is 18.4 Å². The van der Waals surface area contributed by atoms with Crippen molar-refractivity contribution >= 4 is 45.4 Å². The molecule has 0 radical (unpaired) electrons. The minimum absolute atomic E-state index is 0.00987. The number of hydrazone groups is 1. The predicted molar refractivity (Wildman–Crippen MR) is 106 cm³/mol. The molecule has 9 heteroatoms. The fraction of sp³-hybridized carbons (Fsp3) is 0.133. The van der Waals surface area contributed by atoms with Gasteiger partial charge in [-0.2, -0.15) is 5.10 Å². The number of hydrogen-bond acceptors (Lipinski definition) is 7. The van der Waals surface area contributed by atoms with Crippen LogP contribution in [0.25, 0.3) is 0 Å². The van der Waals surface area contributed by atoms with Crippen molar-refractivity contribution in [2.45, 2.75) is 6.61 Å². The minimum Gasteiger partial charge on any atom is -0.443 e. The van der Waals surface area contributed by atoms with Crippen LogP contribution >= 0.6 is 27.3 Å². The number of aliphatic hydroxyl groups is 1. The van der Waals surface area contributed by atoms with E-state index in [1.165, 1.54) is 0 Å². The zero-order valence-corrected chi connectivity index (χ0v) is 16.3. The first kappa shape index (κ1) is 19.1. The normalized spacial score (nSPS) is 12.3. The average molecular weight is 398 g/mol. The molecule has 24 heavy (non-hydrogen) atoms. The molecule has 0 heterocycles. The molecule has 126 valence electrons. The molecule has 1 atom stereocenters. The fourth-order valence-corrected chi connectivity index (χ4v) is 3.12. The molecule has 1 unspecified atom stereocenters. The Labute approximate surface area is 154 Å². The van der Waals surface area contributed by atoms with Gasteiger partial charge in [-0.05, 0) is 59.3 Å². The van der Waals surface area contributed by atoms with E-state index in [1.54, 1.807) is 42.3 Å². The lowest BCUT2D eigenvalue weighted by molar-refractivity contribution is 0.282. The van der Waals surface area contributed by atoms with Crippen molar-refractivity contribution in [3.63, 3.8) is 0 Å². The Morgan fingerprint density at radius 2 is 1.83 bits per heavy atom.